The van der Waals surface area contributed by atoms with Crippen molar-refractivity contribution >= 4 is 11.8 Å². The van der Waals surface area contributed by atoms with E-state index in [4.69, 9.17) is 4.74 Å². The highest BCUT2D eigenvalue weighted by Crippen LogP contribution is 2.34. The summed E-state index contributed by atoms with van der Waals surface area (Å²) >= 11 is 0. The fourth-order valence-electron chi connectivity index (χ4n) is 2.66. The third-order valence-electron chi connectivity index (χ3n) is 3.87. The first-order valence-corrected chi connectivity index (χ1v) is 7.41. The molecule has 0 saturated carbocycles. The third kappa shape index (κ3) is 3.06. The van der Waals surface area contributed by atoms with Crippen molar-refractivity contribution in [3.63, 3.8) is 0 Å². The molecule has 0 amide bonds. The Morgan fingerprint density at radius 1 is 1.04 bits per heavy atom. The number of ketones is 1. The summed E-state index contributed by atoms with van der Waals surface area (Å²) in [5.74, 6) is -1.78. The highest BCUT2D eigenvalue weighted by atomic mass is 19.1. The van der Waals surface area contributed by atoms with Gasteiger partial charge in [-0.15, -0.1) is 0 Å². The summed E-state index contributed by atoms with van der Waals surface area (Å²) in [6, 6.07) is 14.5. The number of hydrogen-bond acceptors (Lipinski definition) is 4. The lowest BCUT2D eigenvalue weighted by Crippen LogP contribution is -2.27. The topological polar surface area (TPSA) is 52.6 Å². The molecule has 5 heteroatoms. The predicted octanol–water partition coefficient (Wildman–Crippen LogP) is 3.25. The molecule has 4 nitrogen and oxygen atoms in total. The number of carbonyl (C=O) groups is 2. The molecule has 122 valence electrons. The second kappa shape index (κ2) is 6.66. The molecule has 3 rings (SSSR count). The van der Waals surface area contributed by atoms with E-state index in [0.717, 1.165) is 0 Å². The minimum Gasteiger partial charge on any atom is -0.474 e. The smallest absolute Gasteiger partial charge is 0.373 e. The molecule has 1 heterocycles. The average molecular weight is 326 g/mol. The van der Waals surface area contributed by atoms with Crippen LogP contribution < -0.4 is 0 Å². The standard InChI is InChI=1S/C19H15FO4/c1-23-19(22)16-11-15(12-7-9-14(20)10-8-12)18(24-16)17(21)13-5-3-2-4-6-13/h2-11,15,18H,1H3/t15-,18+/m1/s1. The normalized spacial score (nSPS) is 19.3. The first-order chi connectivity index (χ1) is 11.6. The van der Waals surface area contributed by atoms with Gasteiger partial charge >= 0.3 is 5.97 Å². The minimum atomic E-state index is -0.896. The zero-order valence-electron chi connectivity index (χ0n) is 12.9. The van der Waals surface area contributed by atoms with Gasteiger partial charge < -0.3 is 9.47 Å². The Morgan fingerprint density at radius 3 is 2.33 bits per heavy atom. The minimum absolute atomic E-state index is 0.0129. The average Bonchev–Trinajstić information content (AvgIpc) is 3.07. The van der Waals surface area contributed by atoms with Crippen molar-refractivity contribution in [1.29, 1.82) is 0 Å². The number of methoxy groups -OCH3 is 1. The van der Waals surface area contributed by atoms with Crippen molar-refractivity contribution in [1.82, 2.24) is 0 Å². The van der Waals surface area contributed by atoms with E-state index in [1.807, 2.05) is 6.07 Å². The van der Waals surface area contributed by atoms with Crippen LogP contribution >= 0.6 is 0 Å². The van der Waals surface area contributed by atoms with Crippen LogP contribution in [0.1, 0.15) is 21.8 Å². The number of hydrogen-bond donors (Lipinski definition) is 0. The maximum Gasteiger partial charge on any atom is 0.373 e. The van der Waals surface area contributed by atoms with Gasteiger partial charge in [0.05, 0.1) is 13.0 Å². The molecule has 0 bridgehead atoms. The first kappa shape index (κ1) is 15.9. The number of halogens is 1. The van der Waals surface area contributed by atoms with Crippen LogP contribution in [0.5, 0.6) is 0 Å². The number of rotatable bonds is 4. The summed E-state index contributed by atoms with van der Waals surface area (Å²) in [5, 5.41) is 0. The molecule has 0 fully saturated rings. The zero-order valence-corrected chi connectivity index (χ0v) is 12.9. The highest BCUT2D eigenvalue weighted by Gasteiger charge is 2.39. The van der Waals surface area contributed by atoms with Crippen molar-refractivity contribution in [2.45, 2.75) is 12.0 Å². The van der Waals surface area contributed by atoms with Crippen LogP contribution in [0.15, 0.2) is 66.4 Å². The van der Waals surface area contributed by atoms with Gasteiger partial charge in [0.1, 0.15) is 5.82 Å². The van der Waals surface area contributed by atoms with Gasteiger partial charge in [0.15, 0.2) is 6.10 Å². The van der Waals surface area contributed by atoms with E-state index < -0.39 is 18.0 Å². The second-order valence-electron chi connectivity index (χ2n) is 5.37. The molecule has 0 spiro atoms. The van der Waals surface area contributed by atoms with Gasteiger partial charge in [-0.25, -0.2) is 9.18 Å². The zero-order chi connectivity index (χ0) is 17.1. The number of carbonyl (C=O) groups excluding carboxylic acids is 2. The van der Waals surface area contributed by atoms with Gasteiger partial charge in [0.2, 0.25) is 11.5 Å². The summed E-state index contributed by atoms with van der Waals surface area (Å²) in [6.45, 7) is 0. The van der Waals surface area contributed by atoms with Crippen molar-refractivity contribution < 1.29 is 23.5 Å². The van der Waals surface area contributed by atoms with Crippen LogP contribution in [0.3, 0.4) is 0 Å². The van der Waals surface area contributed by atoms with Gasteiger partial charge in [-0.2, -0.15) is 0 Å². The summed E-state index contributed by atoms with van der Waals surface area (Å²) in [6.07, 6.45) is 0.650. The Morgan fingerprint density at radius 2 is 1.71 bits per heavy atom. The van der Waals surface area contributed by atoms with Crippen LogP contribution in [0.25, 0.3) is 0 Å². The molecule has 0 radical (unpaired) electrons. The van der Waals surface area contributed by atoms with Crippen LogP contribution in [-0.2, 0) is 14.3 Å². The summed E-state index contributed by atoms with van der Waals surface area (Å²) in [4.78, 5) is 24.5. The maximum atomic E-state index is 13.2. The monoisotopic (exact) mass is 326 g/mol. The van der Waals surface area contributed by atoms with E-state index in [2.05, 4.69) is 4.74 Å². The maximum absolute atomic E-state index is 13.2. The van der Waals surface area contributed by atoms with Gasteiger partial charge in [-0.3, -0.25) is 4.79 Å². The van der Waals surface area contributed by atoms with E-state index in [9.17, 15) is 14.0 Å². The number of Topliss-reactive ketones (excluding diaryl/α,β-unsaturated/α-hetero) is 1. The second-order valence-corrected chi connectivity index (χ2v) is 5.37. The van der Waals surface area contributed by atoms with Gasteiger partial charge in [-0.05, 0) is 23.8 Å². The fraction of sp³-hybridized carbons (Fsp3) is 0.158. The molecular formula is C19H15FO4. The Bertz CT molecular complexity index is 781. The Labute approximate surface area is 138 Å². The molecule has 0 aliphatic carbocycles. The molecule has 24 heavy (non-hydrogen) atoms. The molecule has 2 atom stereocenters. The SMILES string of the molecule is COC(=O)C1=C[C@H](c2ccc(F)cc2)[C@@H](C(=O)c2ccccc2)O1. The van der Waals surface area contributed by atoms with E-state index in [0.29, 0.717) is 11.1 Å². The Balaban J connectivity index is 1.96. The Kier molecular flexibility index (Phi) is 4.42. The van der Waals surface area contributed by atoms with Crippen LogP contribution in [0.4, 0.5) is 4.39 Å². The van der Waals surface area contributed by atoms with E-state index >= 15 is 0 Å². The largest absolute Gasteiger partial charge is 0.474 e. The van der Waals surface area contributed by atoms with Crippen LogP contribution in [0.2, 0.25) is 0 Å². The molecule has 0 saturated heterocycles. The molecule has 0 aromatic heterocycles. The highest BCUT2D eigenvalue weighted by molar-refractivity contribution is 6.01. The molecule has 0 N–H and O–H groups in total. The van der Waals surface area contributed by atoms with Crippen LogP contribution in [0, 0.1) is 5.82 Å². The molecule has 1 aliphatic heterocycles. The lowest BCUT2D eigenvalue weighted by molar-refractivity contribution is -0.140. The quantitative estimate of drug-likeness (QED) is 0.639. The van der Waals surface area contributed by atoms with Crippen molar-refractivity contribution in [2.24, 2.45) is 0 Å². The van der Waals surface area contributed by atoms with Gasteiger partial charge in [0.25, 0.3) is 0 Å². The number of benzene rings is 2. The molecule has 2 aromatic rings. The van der Waals surface area contributed by atoms with Crippen molar-refractivity contribution in [3.05, 3.63) is 83.4 Å². The third-order valence-corrected chi connectivity index (χ3v) is 3.87. The van der Waals surface area contributed by atoms with Crippen LogP contribution in [-0.4, -0.2) is 25.0 Å². The number of ether oxygens (including phenoxy) is 2. The molecular weight excluding hydrogens is 311 g/mol. The summed E-state index contributed by atoms with van der Waals surface area (Å²) < 4.78 is 23.4. The fourth-order valence-corrected chi connectivity index (χ4v) is 2.66. The van der Waals surface area contributed by atoms with Crippen molar-refractivity contribution in [3.8, 4) is 0 Å². The van der Waals surface area contributed by atoms with Gasteiger partial charge in [0, 0.05) is 5.56 Å². The van der Waals surface area contributed by atoms with Crippen molar-refractivity contribution in [2.75, 3.05) is 7.11 Å². The van der Waals surface area contributed by atoms with E-state index in [1.54, 1.807) is 42.5 Å². The first-order valence-electron chi connectivity index (χ1n) is 7.41. The summed E-state index contributed by atoms with van der Waals surface area (Å²) in [7, 11) is 1.24. The number of esters is 1. The van der Waals surface area contributed by atoms with E-state index in [-0.39, 0.29) is 17.4 Å². The van der Waals surface area contributed by atoms with Gasteiger partial charge in [-0.1, -0.05) is 42.5 Å². The molecule has 0 unspecified atom stereocenters. The molecule has 1 aliphatic rings. The lowest BCUT2D eigenvalue weighted by atomic mass is 9.89. The van der Waals surface area contributed by atoms with E-state index in [1.165, 1.54) is 19.2 Å². The molecule has 2 aromatic carbocycles. The lowest BCUT2D eigenvalue weighted by Gasteiger charge is -2.18. The summed E-state index contributed by atoms with van der Waals surface area (Å²) in [5.41, 5.74) is 1.17. The Hall–Kier alpha value is -2.95. The predicted molar refractivity (Wildman–Crippen MR) is 84.9 cm³/mol.